The molecule has 2 aliphatic heterocycles. The Bertz CT molecular complexity index is 1060. The zero-order chi connectivity index (χ0) is 28.0. The molecular weight excluding hydrogens is 448 g/mol. The zero-order valence-electron chi connectivity index (χ0n) is 26.5. The van der Waals surface area contributed by atoms with E-state index in [0.29, 0.717) is 10.8 Å². The quantitative estimate of drug-likeness (QED) is 0.409. The van der Waals surface area contributed by atoms with Gasteiger partial charge in [0.05, 0.1) is 0 Å². The molecule has 2 heteroatoms. The van der Waals surface area contributed by atoms with Gasteiger partial charge in [0.15, 0.2) is 0 Å². The van der Waals surface area contributed by atoms with E-state index in [2.05, 4.69) is 130 Å². The van der Waals surface area contributed by atoms with Crippen LogP contribution < -0.4 is 9.80 Å². The lowest BCUT2D eigenvalue weighted by Crippen LogP contribution is -2.39. The van der Waals surface area contributed by atoms with Crippen LogP contribution in [0.4, 0.5) is 11.4 Å². The lowest BCUT2D eigenvalue weighted by atomic mass is 9.86. The van der Waals surface area contributed by atoms with Gasteiger partial charge in [-0.3, -0.25) is 0 Å². The normalized spacial score (nSPS) is 21.1. The molecular formula is C35H56N2. The lowest BCUT2D eigenvalue weighted by molar-refractivity contribution is 0.371. The van der Waals surface area contributed by atoms with E-state index in [1.807, 2.05) is 0 Å². The van der Waals surface area contributed by atoms with Gasteiger partial charge in [-0.25, -0.2) is 0 Å². The first-order chi connectivity index (χ1) is 16.9. The van der Waals surface area contributed by atoms with E-state index in [0.717, 1.165) is 19.4 Å². The third-order valence-corrected chi connectivity index (χ3v) is 8.60. The molecule has 2 fully saturated rings. The van der Waals surface area contributed by atoms with Crippen LogP contribution in [0.2, 0.25) is 0 Å². The van der Waals surface area contributed by atoms with Gasteiger partial charge in [0.25, 0.3) is 0 Å². The Kier molecular flexibility index (Phi) is 8.24. The first-order valence-corrected chi connectivity index (χ1v) is 14.7. The van der Waals surface area contributed by atoms with E-state index in [4.69, 9.17) is 0 Å². The molecule has 0 amide bonds. The number of nitrogens with zero attached hydrogens (tertiary/aromatic N) is 2. The van der Waals surface area contributed by atoms with Crippen LogP contribution in [0, 0.1) is 31.6 Å². The Morgan fingerprint density at radius 2 is 1.00 bits per heavy atom. The first kappa shape index (κ1) is 29.6. The fourth-order valence-electron chi connectivity index (χ4n) is 7.85. The average molecular weight is 505 g/mol. The van der Waals surface area contributed by atoms with Crippen LogP contribution in [0.5, 0.6) is 0 Å². The Labute approximate surface area is 229 Å². The monoisotopic (exact) mass is 504 g/mol. The molecule has 0 saturated carbocycles. The molecule has 0 spiro atoms. The van der Waals surface area contributed by atoms with Gasteiger partial charge in [0.1, 0.15) is 0 Å². The summed E-state index contributed by atoms with van der Waals surface area (Å²) < 4.78 is 0. The van der Waals surface area contributed by atoms with E-state index in [1.165, 1.54) is 58.6 Å². The summed E-state index contributed by atoms with van der Waals surface area (Å²) in [6.45, 7) is 32.7. The third kappa shape index (κ3) is 6.37. The largest absolute Gasteiger partial charge is 0.365 e. The van der Waals surface area contributed by atoms with Crippen molar-refractivity contribution in [2.45, 2.75) is 127 Å². The maximum absolute atomic E-state index is 2.67. The second-order valence-corrected chi connectivity index (χ2v) is 14.9. The van der Waals surface area contributed by atoms with E-state index in [1.54, 1.807) is 0 Å². The maximum atomic E-state index is 2.67. The van der Waals surface area contributed by atoms with Crippen molar-refractivity contribution in [1.29, 1.82) is 0 Å². The smallest absolute Gasteiger partial charge is 0.0435 e. The lowest BCUT2D eigenvalue weighted by Gasteiger charge is -2.36. The fraction of sp³-hybridized carbons (Fsp3) is 0.657. The number of aryl methyl sites for hydroxylation is 5. The summed E-state index contributed by atoms with van der Waals surface area (Å²) in [6, 6.07) is 11.4. The van der Waals surface area contributed by atoms with E-state index in [9.17, 15) is 0 Å². The van der Waals surface area contributed by atoms with Crippen LogP contribution in [0.25, 0.3) is 0 Å². The van der Waals surface area contributed by atoms with Gasteiger partial charge in [-0.05, 0) is 107 Å². The standard InChI is InChI=1S/C18H29N.C17H27N/c1-7-14-10-9-11-15(8-2)16(14)19-13-17(3,4)12-18(19,5)6;1-12-8-13(2)15(14(3)9-12)18-11-16(4,5)10-17(18,6)7/h9-11H,7-8,12-13H2,1-6H3;8-9H,10-11H2,1-7H3. The minimum Gasteiger partial charge on any atom is -0.365 e. The van der Waals surface area contributed by atoms with Crippen LogP contribution in [0.15, 0.2) is 30.3 Å². The molecule has 2 heterocycles. The molecule has 0 N–H and O–H groups in total. The number of hydrogen-bond donors (Lipinski definition) is 0. The Balaban J connectivity index is 0.000000206. The van der Waals surface area contributed by atoms with Crippen LogP contribution in [0.1, 0.15) is 110 Å². The molecule has 0 aromatic heterocycles. The highest BCUT2D eigenvalue weighted by Crippen LogP contribution is 2.46. The van der Waals surface area contributed by atoms with Gasteiger partial charge in [-0.2, -0.15) is 0 Å². The molecule has 2 aliphatic rings. The van der Waals surface area contributed by atoms with Crippen molar-refractivity contribution in [3.05, 3.63) is 58.1 Å². The average Bonchev–Trinajstić information content (AvgIpc) is 3.11. The number of anilines is 2. The van der Waals surface area contributed by atoms with Crippen LogP contribution in [-0.4, -0.2) is 24.2 Å². The van der Waals surface area contributed by atoms with Crippen molar-refractivity contribution < 1.29 is 0 Å². The van der Waals surface area contributed by atoms with Gasteiger partial charge in [-0.1, -0.05) is 77.4 Å². The van der Waals surface area contributed by atoms with Gasteiger partial charge in [0.2, 0.25) is 0 Å². The van der Waals surface area contributed by atoms with E-state index < -0.39 is 0 Å². The second kappa shape index (κ2) is 10.3. The number of benzene rings is 2. The Morgan fingerprint density at radius 3 is 1.32 bits per heavy atom. The van der Waals surface area contributed by atoms with Crippen molar-refractivity contribution >= 4 is 11.4 Å². The van der Waals surface area contributed by atoms with E-state index in [-0.39, 0.29) is 11.1 Å². The molecule has 0 bridgehead atoms. The molecule has 4 rings (SSSR count). The summed E-state index contributed by atoms with van der Waals surface area (Å²) in [6.07, 6.45) is 4.76. The molecule has 0 radical (unpaired) electrons. The van der Waals surface area contributed by atoms with Crippen LogP contribution in [-0.2, 0) is 12.8 Å². The van der Waals surface area contributed by atoms with Crippen molar-refractivity contribution in [3.8, 4) is 0 Å². The summed E-state index contributed by atoms with van der Waals surface area (Å²) in [5.74, 6) is 0. The number of para-hydroxylation sites is 1. The van der Waals surface area contributed by atoms with Gasteiger partial charge in [0, 0.05) is 35.5 Å². The summed E-state index contributed by atoms with van der Waals surface area (Å²) in [7, 11) is 0. The molecule has 0 aliphatic carbocycles. The Morgan fingerprint density at radius 1 is 0.622 bits per heavy atom. The predicted molar refractivity (Wildman–Crippen MR) is 165 cm³/mol. The van der Waals surface area contributed by atoms with Gasteiger partial charge in [-0.15, -0.1) is 0 Å². The van der Waals surface area contributed by atoms with Crippen molar-refractivity contribution in [2.75, 3.05) is 22.9 Å². The molecule has 2 nitrogen and oxygen atoms in total. The highest BCUT2D eigenvalue weighted by atomic mass is 15.2. The third-order valence-electron chi connectivity index (χ3n) is 8.60. The number of hydrogen-bond acceptors (Lipinski definition) is 2. The summed E-state index contributed by atoms with van der Waals surface area (Å²) >= 11 is 0. The summed E-state index contributed by atoms with van der Waals surface area (Å²) in [5, 5.41) is 0. The zero-order valence-corrected chi connectivity index (χ0v) is 26.5. The van der Waals surface area contributed by atoms with Crippen LogP contribution >= 0.6 is 0 Å². The molecule has 0 atom stereocenters. The maximum Gasteiger partial charge on any atom is 0.0435 e. The Hall–Kier alpha value is -1.96. The fourth-order valence-corrected chi connectivity index (χ4v) is 7.85. The van der Waals surface area contributed by atoms with Crippen molar-refractivity contribution in [2.24, 2.45) is 10.8 Å². The van der Waals surface area contributed by atoms with E-state index >= 15 is 0 Å². The molecule has 2 saturated heterocycles. The topological polar surface area (TPSA) is 6.48 Å². The van der Waals surface area contributed by atoms with Crippen LogP contribution in [0.3, 0.4) is 0 Å². The van der Waals surface area contributed by atoms with Crippen molar-refractivity contribution in [1.82, 2.24) is 0 Å². The highest BCUT2D eigenvalue weighted by Gasteiger charge is 2.44. The van der Waals surface area contributed by atoms with Crippen molar-refractivity contribution in [3.63, 3.8) is 0 Å². The minimum absolute atomic E-state index is 0.258. The molecule has 2 aromatic carbocycles. The molecule has 2 aromatic rings. The van der Waals surface area contributed by atoms with Gasteiger partial charge < -0.3 is 9.80 Å². The predicted octanol–water partition coefficient (Wildman–Crippen LogP) is 9.45. The molecule has 37 heavy (non-hydrogen) atoms. The molecule has 0 unspecified atom stereocenters. The summed E-state index contributed by atoms with van der Waals surface area (Å²) in [5.41, 5.74) is 11.5. The highest BCUT2D eigenvalue weighted by molar-refractivity contribution is 5.63. The molecule has 206 valence electrons. The minimum atomic E-state index is 0.258. The second-order valence-electron chi connectivity index (χ2n) is 14.9. The summed E-state index contributed by atoms with van der Waals surface area (Å²) in [4.78, 5) is 5.29. The SMILES string of the molecule is CCc1cccc(CC)c1N1CC(C)(C)CC1(C)C.Cc1cc(C)c(N2CC(C)(C)CC2(C)C)c(C)c1. The first-order valence-electron chi connectivity index (χ1n) is 14.7. The van der Waals surface area contributed by atoms with Gasteiger partial charge >= 0.3 is 0 Å². The number of rotatable bonds is 4.